The molecular formula is C16H21N3O2. The van der Waals surface area contributed by atoms with Crippen molar-refractivity contribution >= 4 is 11.8 Å². The van der Waals surface area contributed by atoms with E-state index in [1.807, 2.05) is 4.90 Å². The maximum absolute atomic E-state index is 12.4. The van der Waals surface area contributed by atoms with Crippen LogP contribution in [-0.4, -0.2) is 52.8 Å². The van der Waals surface area contributed by atoms with Crippen molar-refractivity contribution in [2.24, 2.45) is 11.8 Å². The first kappa shape index (κ1) is 14.0. The number of hydrogen-bond donors (Lipinski definition) is 0. The zero-order chi connectivity index (χ0) is 15.0. The van der Waals surface area contributed by atoms with Crippen molar-refractivity contribution in [3.8, 4) is 0 Å². The first-order valence-electron chi connectivity index (χ1n) is 7.62. The number of carbonyl (C=O) groups excluding carboxylic acids is 2. The molecule has 2 fully saturated rings. The lowest BCUT2D eigenvalue weighted by molar-refractivity contribution is 0.0401. The van der Waals surface area contributed by atoms with Gasteiger partial charge in [0, 0.05) is 26.2 Å². The van der Waals surface area contributed by atoms with Gasteiger partial charge in [-0.15, -0.1) is 0 Å². The molecule has 2 saturated heterocycles. The van der Waals surface area contributed by atoms with Gasteiger partial charge in [-0.25, -0.2) is 4.98 Å². The third kappa shape index (κ3) is 2.64. The van der Waals surface area contributed by atoms with Crippen molar-refractivity contribution < 1.29 is 9.59 Å². The fourth-order valence-corrected chi connectivity index (χ4v) is 2.62. The summed E-state index contributed by atoms with van der Waals surface area (Å²) >= 11 is 0. The summed E-state index contributed by atoms with van der Waals surface area (Å²) in [7, 11) is 0. The van der Waals surface area contributed by atoms with Crippen molar-refractivity contribution in [1.82, 2.24) is 14.8 Å². The van der Waals surface area contributed by atoms with Crippen molar-refractivity contribution in [2.75, 3.05) is 26.2 Å². The van der Waals surface area contributed by atoms with E-state index in [2.05, 4.69) is 18.8 Å². The van der Waals surface area contributed by atoms with Crippen molar-refractivity contribution in [1.29, 1.82) is 0 Å². The van der Waals surface area contributed by atoms with Crippen molar-refractivity contribution in [3.05, 3.63) is 29.6 Å². The Kier molecular flexibility index (Phi) is 3.66. The van der Waals surface area contributed by atoms with Gasteiger partial charge < -0.3 is 9.80 Å². The molecule has 0 unspecified atom stereocenters. The second kappa shape index (κ2) is 5.47. The summed E-state index contributed by atoms with van der Waals surface area (Å²) in [5.41, 5.74) is 0.755. The SMILES string of the molecule is CC(C)C1CN(C(=O)c2cccc(C(=O)N3CCC3)n2)C1. The number of likely N-dealkylation sites (tertiary alicyclic amines) is 2. The summed E-state index contributed by atoms with van der Waals surface area (Å²) in [5, 5.41) is 0. The van der Waals surface area contributed by atoms with Gasteiger partial charge in [-0.2, -0.15) is 0 Å². The molecule has 0 N–H and O–H groups in total. The fraction of sp³-hybridized carbons (Fsp3) is 0.562. The Bertz CT molecular complexity index is 560. The summed E-state index contributed by atoms with van der Waals surface area (Å²) in [5.74, 6) is 1.05. The normalized spacial score (nSPS) is 18.4. The molecule has 2 aliphatic heterocycles. The second-order valence-electron chi connectivity index (χ2n) is 6.27. The molecule has 5 nitrogen and oxygen atoms in total. The van der Waals surface area contributed by atoms with Gasteiger partial charge in [0.05, 0.1) is 0 Å². The third-order valence-corrected chi connectivity index (χ3v) is 4.47. The van der Waals surface area contributed by atoms with Gasteiger partial charge in [-0.05, 0) is 30.4 Å². The predicted molar refractivity (Wildman–Crippen MR) is 79.0 cm³/mol. The van der Waals surface area contributed by atoms with E-state index in [1.165, 1.54) is 0 Å². The number of hydrogen-bond acceptors (Lipinski definition) is 3. The Morgan fingerprint density at radius 2 is 1.67 bits per heavy atom. The van der Waals surface area contributed by atoms with E-state index in [-0.39, 0.29) is 11.8 Å². The zero-order valence-electron chi connectivity index (χ0n) is 12.6. The van der Waals surface area contributed by atoms with Gasteiger partial charge in [0.1, 0.15) is 11.4 Å². The van der Waals surface area contributed by atoms with Crippen molar-refractivity contribution in [2.45, 2.75) is 20.3 Å². The lowest BCUT2D eigenvalue weighted by Crippen LogP contribution is -2.52. The minimum atomic E-state index is -0.0698. The van der Waals surface area contributed by atoms with E-state index in [9.17, 15) is 9.59 Å². The first-order chi connectivity index (χ1) is 10.1. The average molecular weight is 287 g/mol. The quantitative estimate of drug-likeness (QED) is 0.849. The molecule has 5 heteroatoms. The lowest BCUT2D eigenvalue weighted by Gasteiger charge is -2.41. The molecule has 0 saturated carbocycles. The molecule has 0 bridgehead atoms. The molecule has 3 heterocycles. The predicted octanol–water partition coefficient (Wildman–Crippen LogP) is 1.66. The van der Waals surface area contributed by atoms with Gasteiger partial charge in [-0.3, -0.25) is 9.59 Å². The maximum atomic E-state index is 12.4. The number of nitrogens with zero attached hydrogens (tertiary/aromatic N) is 3. The maximum Gasteiger partial charge on any atom is 0.272 e. The molecule has 2 aliphatic rings. The minimum Gasteiger partial charge on any atom is -0.337 e. The van der Waals surface area contributed by atoms with E-state index in [1.54, 1.807) is 23.1 Å². The molecule has 21 heavy (non-hydrogen) atoms. The number of amides is 2. The Morgan fingerprint density at radius 3 is 2.14 bits per heavy atom. The Labute approximate surface area is 124 Å². The van der Waals surface area contributed by atoms with Crippen LogP contribution in [0, 0.1) is 11.8 Å². The molecule has 0 atom stereocenters. The smallest absolute Gasteiger partial charge is 0.272 e. The molecule has 0 radical (unpaired) electrons. The number of pyridine rings is 1. The van der Waals surface area contributed by atoms with E-state index >= 15 is 0 Å². The van der Waals surface area contributed by atoms with Crippen LogP contribution < -0.4 is 0 Å². The number of aromatic nitrogens is 1. The van der Waals surface area contributed by atoms with Crippen LogP contribution in [0.1, 0.15) is 41.2 Å². The van der Waals surface area contributed by atoms with E-state index in [0.717, 1.165) is 32.6 Å². The Balaban J connectivity index is 1.68. The van der Waals surface area contributed by atoms with Crippen LogP contribution in [0.4, 0.5) is 0 Å². The van der Waals surface area contributed by atoms with Crippen LogP contribution in [0.25, 0.3) is 0 Å². The number of rotatable bonds is 3. The van der Waals surface area contributed by atoms with Gasteiger partial charge in [-0.1, -0.05) is 19.9 Å². The van der Waals surface area contributed by atoms with Crippen molar-refractivity contribution in [3.63, 3.8) is 0 Å². The fourth-order valence-electron chi connectivity index (χ4n) is 2.62. The second-order valence-corrected chi connectivity index (χ2v) is 6.27. The molecule has 0 aliphatic carbocycles. The average Bonchev–Trinajstić information content (AvgIpc) is 2.34. The standard InChI is InChI=1S/C16H21N3O2/c1-11(2)12-9-19(10-12)16(21)14-6-3-5-13(17-14)15(20)18-7-4-8-18/h3,5-6,11-12H,4,7-10H2,1-2H3. The largest absolute Gasteiger partial charge is 0.337 e. The van der Waals surface area contributed by atoms with E-state index in [4.69, 9.17) is 0 Å². The van der Waals surface area contributed by atoms with Crippen LogP contribution >= 0.6 is 0 Å². The molecule has 3 rings (SSSR count). The topological polar surface area (TPSA) is 53.5 Å². The molecule has 1 aromatic heterocycles. The third-order valence-electron chi connectivity index (χ3n) is 4.47. The van der Waals surface area contributed by atoms with Gasteiger partial charge in [0.2, 0.25) is 0 Å². The van der Waals surface area contributed by atoms with Crippen LogP contribution in [0.2, 0.25) is 0 Å². The van der Waals surface area contributed by atoms with Crippen LogP contribution in [-0.2, 0) is 0 Å². The summed E-state index contributed by atoms with van der Waals surface area (Å²) in [6.07, 6.45) is 1.05. The summed E-state index contributed by atoms with van der Waals surface area (Å²) in [6, 6.07) is 5.12. The summed E-state index contributed by atoms with van der Waals surface area (Å²) in [4.78, 5) is 32.3. The monoisotopic (exact) mass is 287 g/mol. The van der Waals surface area contributed by atoms with Crippen LogP contribution in [0.15, 0.2) is 18.2 Å². The highest BCUT2D eigenvalue weighted by Crippen LogP contribution is 2.24. The highest BCUT2D eigenvalue weighted by Gasteiger charge is 2.33. The van der Waals surface area contributed by atoms with Gasteiger partial charge in [0.15, 0.2) is 0 Å². The number of carbonyl (C=O) groups is 2. The van der Waals surface area contributed by atoms with Crippen LogP contribution in [0.3, 0.4) is 0 Å². The zero-order valence-corrected chi connectivity index (χ0v) is 12.6. The van der Waals surface area contributed by atoms with Gasteiger partial charge >= 0.3 is 0 Å². The van der Waals surface area contributed by atoms with E-state index in [0.29, 0.717) is 23.2 Å². The minimum absolute atomic E-state index is 0.0647. The molecule has 0 spiro atoms. The molecule has 112 valence electrons. The highest BCUT2D eigenvalue weighted by atomic mass is 16.2. The molecule has 0 aromatic carbocycles. The Morgan fingerprint density at radius 1 is 1.10 bits per heavy atom. The summed E-state index contributed by atoms with van der Waals surface area (Å²) < 4.78 is 0. The molecule has 2 amide bonds. The van der Waals surface area contributed by atoms with Crippen LogP contribution in [0.5, 0.6) is 0 Å². The Hall–Kier alpha value is -1.91. The molecule has 1 aromatic rings. The highest BCUT2D eigenvalue weighted by molar-refractivity contribution is 5.96. The molecular weight excluding hydrogens is 266 g/mol. The summed E-state index contributed by atoms with van der Waals surface area (Å²) in [6.45, 7) is 7.53. The van der Waals surface area contributed by atoms with Gasteiger partial charge in [0.25, 0.3) is 11.8 Å². The van der Waals surface area contributed by atoms with E-state index < -0.39 is 0 Å². The lowest BCUT2D eigenvalue weighted by atomic mass is 9.88. The first-order valence-corrected chi connectivity index (χ1v) is 7.62.